The number of sulfonamides is 1. The van der Waals surface area contributed by atoms with E-state index in [1.165, 1.54) is 31.3 Å². The van der Waals surface area contributed by atoms with Crippen LogP contribution >= 0.6 is 0 Å². The highest BCUT2D eigenvalue weighted by Crippen LogP contribution is 2.29. The number of sulfone groups is 1. The Morgan fingerprint density at radius 1 is 0.893 bits per heavy atom. The topological polar surface area (TPSA) is 80.8 Å². The van der Waals surface area contributed by atoms with Crippen LogP contribution in [0.1, 0.15) is 18.5 Å². The van der Waals surface area contributed by atoms with Crippen LogP contribution in [-0.4, -0.2) is 40.8 Å². The first kappa shape index (κ1) is 22.2. The normalized spacial score (nSPS) is 14.1. The smallest absolute Gasteiger partial charge is 0.406 e. The molecule has 0 heterocycles. The molecule has 1 atom stereocenters. The standard InChI is InChI=1S/C17H18F3NO5S2/c1-12(13-4-8-15(9-5-13)27(3,22)23)21(2)28(24,25)16-10-6-14(7-11-16)26-17(18,19)20/h4-12H,1-3H3. The maximum atomic E-state index is 12.7. The van der Waals surface area contributed by atoms with Gasteiger partial charge in [-0.25, -0.2) is 16.8 Å². The molecule has 28 heavy (non-hydrogen) atoms. The monoisotopic (exact) mass is 437 g/mol. The van der Waals surface area contributed by atoms with Crippen molar-refractivity contribution >= 4 is 19.9 Å². The van der Waals surface area contributed by atoms with E-state index in [9.17, 15) is 30.0 Å². The molecule has 0 aliphatic carbocycles. The number of nitrogens with zero attached hydrogens (tertiary/aromatic N) is 1. The lowest BCUT2D eigenvalue weighted by atomic mass is 10.1. The molecule has 0 radical (unpaired) electrons. The van der Waals surface area contributed by atoms with Crippen molar-refractivity contribution in [1.29, 1.82) is 0 Å². The van der Waals surface area contributed by atoms with E-state index < -0.39 is 38.0 Å². The second-order valence-electron chi connectivity index (χ2n) is 6.06. The first-order chi connectivity index (χ1) is 12.7. The van der Waals surface area contributed by atoms with Crippen LogP contribution < -0.4 is 4.74 Å². The number of rotatable bonds is 6. The Hall–Kier alpha value is -2.11. The molecule has 0 amide bonds. The quantitative estimate of drug-likeness (QED) is 0.692. The third-order valence-electron chi connectivity index (χ3n) is 4.07. The third-order valence-corrected chi connectivity index (χ3v) is 7.14. The van der Waals surface area contributed by atoms with Gasteiger partial charge in [0.25, 0.3) is 0 Å². The zero-order chi connectivity index (χ0) is 21.3. The zero-order valence-electron chi connectivity index (χ0n) is 15.1. The van der Waals surface area contributed by atoms with Crippen molar-refractivity contribution in [3.63, 3.8) is 0 Å². The molecule has 6 nitrogen and oxygen atoms in total. The summed E-state index contributed by atoms with van der Waals surface area (Å²) in [5.74, 6) is -0.529. The minimum Gasteiger partial charge on any atom is -0.406 e. The summed E-state index contributed by atoms with van der Waals surface area (Å²) >= 11 is 0. The molecule has 0 aliphatic heterocycles. The second-order valence-corrected chi connectivity index (χ2v) is 10.1. The highest BCUT2D eigenvalue weighted by molar-refractivity contribution is 7.90. The fraction of sp³-hybridized carbons (Fsp3) is 0.294. The predicted octanol–water partition coefficient (Wildman–Crippen LogP) is 3.37. The molecule has 2 aromatic carbocycles. The summed E-state index contributed by atoms with van der Waals surface area (Å²) < 4.78 is 89.9. The maximum absolute atomic E-state index is 12.7. The summed E-state index contributed by atoms with van der Waals surface area (Å²) in [5, 5.41) is 0. The van der Waals surface area contributed by atoms with Crippen molar-refractivity contribution in [1.82, 2.24) is 4.31 Å². The number of benzene rings is 2. The van der Waals surface area contributed by atoms with E-state index in [0.29, 0.717) is 5.56 Å². The molecular weight excluding hydrogens is 419 g/mol. The van der Waals surface area contributed by atoms with Gasteiger partial charge in [-0.15, -0.1) is 13.2 Å². The lowest BCUT2D eigenvalue weighted by Gasteiger charge is -2.25. The molecule has 0 saturated carbocycles. The van der Waals surface area contributed by atoms with Gasteiger partial charge in [-0.3, -0.25) is 0 Å². The summed E-state index contributed by atoms with van der Waals surface area (Å²) in [7, 11) is -6.06. The number of alkyl halides is 3. The van der Waals surface area contributed by atoms with E-state index in [4.69, 9.17) is 0 Å². The van der Waals surface area contributed by atoms with Crippen LogP contribution in [0.3, 0.4) is 0 Å². The van der Waals surface area contributed by atoms with Crippen LogP contribution in [0.2, 0.25) is 0 Å². The van der Waals surface area contributed by atoms with Crippen molar-refractivity contribution in [2.45, 2.75) is 29.1 Å². The molecule has 0 bridgehead atoms. The Morgan fingerprint density at radius 2 is 1.36 bits per heavy atom. The second kappa shape index (κ2) is 7.72. The van der Waals surface area contributed by atoms with Crippen molar-refractivity contribution in [3.05, 3.63) is 54.1 Å². The van der Waals surface area contributed by atoms with Gasteiger partial charge in [-0.05, 0) is 48.9 Å². The lowest BCUT2D eigenvalue weighted by molar-refractivity contribution is -0.274. The van der Waals surface area contributed by atoms with Crippen molar-refractivity contribution in [3.8, 4) is 5.75 Å². The van der Waals surface area contributed by atoms with E-state index in [0.717, 1.165) is 34.8 Å². The minimum atomic E-state index is -4.87. The van der Waals surface area contributed by atoms with Crippen LogP contribution in [0.4, 0.5) is 13.2 Å². The number of ether oxygens (including phenoxy) is 1. The lowest BCUT2D eigenvalue weighted by Crippen LogP contribution is -2.29. The first-order valence-corrected chi connectivity index (χ1v) is 11.2. The zero-order valence-corrected chi connectivity index (χ0v) is 16.8. The van der Waals surface area contributed by atoms with E-state index in [-0.39, 0.29) is 9.79 Å². The Morgan fingerprint density at radius 3 is 1.79 bits per heavy atom. The van der Waals surface area contributed by atoms with E-state index in [1.807, 2.05) is 0 Å². The van der Waals surface area contributed by atoms with Gasteiger partial charge in [0.1, 0.15) is 5.75 Å². The summed E-state index contributed by atoms with van der Waals surface area (Å²) in [4.78, 5) is -0.0988. The minimum absolute atomic E-state index is 0.106. The van der Waals surface area contributed by atoms with Crippen LogP contribution in [0, 0.1) is 0 Å². The van der Waals surface area contributed by atoms with Gasteiger partial charge in [0.05, 0.1) is 9.79 Å². The van der Waals surface area contributed by atoms with Crippen LogP contribution in [0.5, 0.6) is 5.75 Å². The first-order valence-electron chi connectivity index (χ1n) is 7.86. The highest BCUT2D eigenvalue weighted by Gasteiger charge is 2.31. The van der Waals surface area contributed by atoms with Gasteiger partial charge in [-0.1, -0.05) is 12.1 Å². The van der Waals surface area contributed by atoms with Crippen molar-refractivity contribution in [2.24, 2.45) is 0 Å². The molecule has 0 N–H and O–H groups in total. The van der Waals surface area contributed by atoms with Crippen LogP contribution in [0.15, 0.2) is 58.3 Å². The Bertz CT molecular complexity index is 1030. The summed E-state index contributed by atoms with van der Waals surface area (Å²) in [6, 6.07) is 9.00. The molecule has 154 valence electrons. The molecule has 2 aromatic rings. The van der Waals surface area contributed by atoms with Gasteiger partial charge >= 0.3 is 6.36 Å². The highest BCUT2D eigenvalue weighted by atomic mass is 32.2. The van der Waals surface area contributed by atoms with E-state index in [1.54, 1.807) is 6.92 Å². The van der Waals surface area contributed by atoms with E-state index >= 15 is 0 Å². The predicted molar refractivity (Wildman–Crippen MR) is 96.0 cm³/mol. The average molecular weight is 437 g/mol. The Kier molecular flexibility index (Phi) is 6.12. The van der Waals surface area contributed by atoms with Crippen molar-refractivity contribution < 1.29 is 34.7 Å². The van der Waals surface area contributed by atoms with Crippen LogP contribution in [-0.2, 0) is 19.9 Å². The Labute approximate surface area is 161 Å². The molecule has 0 aliphatic rings. The van der Waals surface area contributed by atoms with E-state index in [2.05, 4.69) is 4.74 Å². The third kappa shape index (κ3) is 5.24. The van der Waals surface area contributed by atoms with Gasteiger partial charge < -0.3 is 4.74 Å². The molecule has 11 heteroatoms. The maximum Gasteiger partial charge on any atom is 0.573 e. The number of halogens is 3. The van der Waals surface area contributed by atoms with Gasteiger partial charge in [0, 0.05) is 19.3 Å². The summed E-state index contributed by atoms with van der Waals surface area (Å²) in [6.45, 7) is 1.61. The van der Waals surface area contributed by atoms with Gasteiger partial charge in [-0.2, -0.15) is 4.31 Å². The number of hydrogen-bond acceptors (Lipinski definition) is 5. The number of hydrogen-bond donors (Lipinski definition) is 0. The van der Waals surface area contributed by atoms with Crippen LogP contribution in [0.25, 0.3) is 0 Å². The summed E-state index contributed by atoms with van der Waals surface area (Å²) in [6.07, 6.45) is -3.81. The largest absolute Gasteiger partial charge is 0.573 e. The molecule has 2 rings (SSSR count). The molecule has 0 saturated heterocycles. The molecule has 0 fully saturated rings. The Balaban J connectivity index is 2.25. The van der Waals surface area contributed by atoms with Gasteiger partial charge in [0.2, 0.25) is 10.0 Å². The van der Waals surface area contributed by atoms with Crippen molar-refractivity contribution in [2.75, 3.05) is 13.3 Å². The molecule has 0 spiro atoms. The SMILES string of the molecule is CC(c1ccc(S(C)(=O)=O)cc1)N(C)S(=O)(=O)c1ccc(OC(F)(F)F)cc1. The molecule has 0 aromatic heterocycles. The summed E-state index contributed by atoms with van der Waals surface area (Å²) in [5.41, 5.74) is 0.551. The fourth-order valence-electron chi connectivity index (χ4n) is 2.39. The molecule has 1 unspecified atom stereocenters. The van der Waals surface area contributed by atoms with Gasteiger partial charge in [0.15, 0.2) is 9.84 Å². The fourth-order valence-corrected chi connectivity index (χ4v) is 4.37. The molecular formula is C17H18F3NO5S2. The average Bonchev–Trinajstić information content (AvgIpc) is 2.59.